The normalized spacial score (nSPS) is 13.3. The molecule has 0 aliphatic rings. The van der Waals surface area contributed by atoms with Gasteiger partial charge in [0.2, 0.25) is 0 Å². The van der Waals surface area contributed by atoms with E-state index in [1.165, 1.54) is 0 Å². The summed E-state index contributed by atoms with van der Waals surface area (Å²) in [5, 5.41) is 9.51. The fourth-order valence-corrected chi connectivity index (χ4v) is 8.09. The molecule has 88 valence electrons. The van der Waals surface area contributed by atoms with Crippen LogP contribution < -0.4 is 0 Å². The van der Waals surface area contributed by atoms with Crippen molar-refractivity contribution in [1.82, 2.24) is 0 Å². The molecule has 0 amide bonds. The molecule has 0 heterocycles. The first-order valence-corrected chi connectivity index (χ1v) is 11.6. The molecule has 0 aromatic heterocycles. The van der Waals surface area contributed by atoms with Crippen LogP contribution in [-0.2, 0) is 4.12 Å². The fraction of sp³-hybridized carbons (Fsp3) is 0.800. The Morgan fingerprint density at radius 1 is 1.27 bits per heavy atom. The minimum absolute atomic E-state index is 0.577. The molecular formula is C10H21ClO2Si2. The van der Waals surface area contributed by atoms with E-state index in [-0.39, 0.29) is 0 Å². The highest BCUT2D eigenvalue weighted by Crippen LogP contribution is 2.15. The van der Waals surface area contributed by atoms with Gasteiger partial charge in [-0.25, -0.2) is 0 Å². The van der Waals surface area contributed by atoms with E-state index < -0.39 is 22.2 Å². The van der Waals surface area contributed by atoms with Gasteiger partial charge in [-0.1, -0.05) is 11.5 Å². The van der Waals surface area contributed by atoms with Crippen molar-refractivity contribution in [3.8, 4) is 11.5 Å². The topological polar surface area (TPSA) is 29.5 Å². The third kappa shape index (κ3) is 8.06. The lowest BCUT2D eigenvalue weighted by Gasteiger charge is -2.28. The van der Waals surface area contributed by atoms with Gasteiger partial charge in [0.15, 0.2) is 8.32 Å². The molecule has 0 saturated heterocycles. The van der Waals surface area contributed by atoms with Crippen LogP contribution in [0, 0.1) is 11.5 Å². The molecule has 15 heavy (non-hydrogen) atoms. The Balaban J connectivity index is 4.62. The van der Waals surface area contributed by atoms with Crippen LogP contribution in [0.3, 0.4) is 0 Å². The van der Waals surface area contributed by atoms with Gasteiger partial charge in [0.25, 0.3) is 8.32 Å². The summed E-state index contributed by atoms with van der Waals surface area (Å²) in [7, 11) is -3.78. The van der Waals surface area contributed by atoms with Crippen LogP contribution in [-0.4, -0.2) is 32.8 Å². The molecule has 0 aliphatic heterocycles. The largest absolute Gasteiger partial charge is 0.446 e. The first-order chi connectivity index (χ1) is 6.47. The van der Waals surface area contributed by atoms with Crippen molar-refractivity contribution in [2.75, 3.05) is 5.50 Å². The monoisotopic (exact) mass is 264 g/mol. The number of hydrogen-bond acceptors (Lipinski definition) is 2. The predicted molar refractivity (Wildman–Crippen MR) is 70.8 cm³/mol. The molecule has 0 rings (SSSR count). The van der Waals surface area contributed by atoms with Gasteiger partial charge in [-0.3, -0.25) is 0 Å². The molecule has 2 nitrogen and oxygen atoms in total. The number of halogens is 1. The van der Waals surface area contributed by atoms with E-state index in [9.17, 15) is 5.11 Å². The van der Waals surface area contributed by atoms with Crippen LogP contribution in [0.25, 0.3) is 0 Å². The molecule has 0 radical (unpaired) electrons. The molecule has 0 aromatic carbocycles. The summed E-state index contributed by atoms with van der Waals surface area (Å²) in [6, 6.07) is 0. The van der Waals surface area contributed by atoms with Crippen LogP contribution in [0.15, 0.2) is 0 Å². The lowest BCUT2D eigenvalue weighted by atomic mass is 10.2. The second-order valence-electron chi connectivity index (χ2n) is 5.31. The minimum Gasteiger partial charge on any atom is -0.446 e. The van der Waals surface area contributed by atoms with Crippen LogP contribution in [0.2, 0.25) is 26.2 Å². The van der Waals surface area contributed by atoms with Crippen molar-refractivity contribution in [3.63, 3.8) is 0 Å². The molecule has 0 fully saturated rings. The van der Waals surface area contributed by atoms with Gasteiger partial charge < -0.3 is 9.22 Å². The second kappa shape index (κ2) is 5.02. The van der Waals surface area contributed by atoms with Gasteiger partial charge in [0, 0.05) is 5.50 Å². The van der Waals surface area contributed by atoms with E-state index in [4.69, 9.17) is 15.7 Å². The van der Waals surface area contributed by atoms with E-state index in [1.54, 1.807) is 13.8 Å². The summed E-state index contributed by atoms with van der Waals surface area (Å²) in [5.74, 6) is 2.83. The number of alkyl halides is 1. The SMILES string of the molecule is CC(C)(O)C#C[Si](C)(C)O[Si](C)(C)CCl. The van der Waals surface area contributed by atoms with Gasteiger partial charge in [-0.05, 0) is 40.0 Å². The van der Waals surface area contributed by atoms with Crippen molar-refractivity contribution in [2.24, 2.45) is 0 Å². The molecule has 0 aromatic rings. The van der Waals surface area contributed by atoms with Crippen LogP contribution in [0.1, 0.15) is 13.8 Å². The zero-order valence-electron chi connectivity index (χ0n) is 10.4. The molecule has 0 bridgehead atoms. The van der Waals surface area contributed by atoms with Gasteiger partial charge in [0.1, 0.15) is 5.60 Å². The summed E-state index contributed by atoms with van der Waals surface area (Å²) in [4.78, 5) is 0. The molecule has 0 aliphatic carbocycles. The van der Waals surface area contributed by atoms with Crippen LogP contribution >= 0.6 is 11.6 Å². The maximum absolute atomic E-state index is 9.51. The standard InChI is InChI=1S/C10H21ClO2Si2/c1-10(2,12)7-8-14(3,4)13-15(5,6)9-11/h12H,9H2,1-6H3. The highest BCUT2D eigenvalue weighted by atomic mass is 35.5. The summed E-state index contributed by atoms with van der Waals surface area (Å²) in [6.07, 6.45) is 0. The van der Waals surface area contributed by atoms with Crippen molar-refractivity contribution >= 4 is 28.2 Å². The zero-order valence-corrected chi connectivity index (χ0v) is 13.2. The van der Waals surface area contributed by atoms with Crippen molar-refractivity contribution in [2.45, 2.75) is 45.6 Å². The number of aliphatic hydroxyl groups is 1. The molecule has 0 atom stereocenters. The van der Waals surface area contributed by atoms with Crippen molar-refractivity contribution in [1.29, 1.82) is 0 Å². The lowest BCUT2D eigenvalue weighted by Crippen LogP contribution is -2.45. The molecule has 0 spiro atoms. The minimum atomic E-state index is -2.01. The van der Waals surface area contributed by atoms with Gasteiger partial charge in [-0.2, -0.15) is 0 Å². The van der Waals surface area contributed by atoms with Gasteiger partial charge in [-0.15, -0.1) is 11.6 Å². The Morgan fingerprint density at radius 3 is 2.07 bits per heavy atom. The van der Waals surface area contributed by atoms with Gasteiger partial charge in [0.05, 0.1) is 0 Å². The quantitative estimate of drug-likeness (QED) is 0.482. The highest BCUT2D eigenvalue weighted by molar-refractivity contribution is 6.91. The molecule has 5 heteroatoms. The maximum Gasteiger partial charge on any atom is 0.255 e. The Morgan fingerprint density at radius 2 is 1.73 bits per heavy atom. The Labute approximate surface area is 100 Å². The Hall–Kier alpha value is 0.204. The fourth-order valence-electron chi connectivity index (χ4n) is 1.05. The zero-order chi connectivity index (χ0) is 12.3. The molecule has 0 unspecified atom stereocenters. The highest BCUT2D eigenvalue weighted by Gasteiger charge is 2.31. The van der Waals surface area contributed by atoms with Crippen LogP contribution in [0.5, 0.6) is 0 Å². The smallest absolute Gasteiger partial charge is 0.255 e. The molecule has 1 N–H and O–H groups in total. The van der Waals surface area contributed by atoms with E-state index in [1.807, 2.05) is 13.1 Å². The Kier molecular flexibility index (Phi) is 5.09. The van der Waals surface area contributed by atoms with E-state index in [0.717, 1.165) is 0 Å². The molecule has 0 saturated carbocycles. The van der Waals surface area contributed by atoms with Gasteiger partial charge >= 0.3 is 0 Å². The first kappa shape index (κ1) is 15.2. The average Bonchev–Trinajstić information content (AvgIpc) is 1.98. The van der Waals surface area contributed by atoms with Crippen molar-refractivity contribution < 1.29 is 9.22 Å². The summed E-state index contributed by atoms with van der Waals surface area (Å²) >= 11 is 5.85. The second-order valence-corrected chi connectivity index (χ2v) is 14.0. The summed E-state index contributed by atoms with van der Waals surface area (Å²) < 4.78 is 6.03. The van der Waals surface area contributed by atoms with Crippen LogP contribution in [0.4, 0.5) is 0 Å². The molecular weight excluding hydrogens is 244 g/mol. The average molecular weight is 265 g/mol. The third-order valence-electron chi connectivity index (χ3n) is 1.52. The van der Waals surface area contributed by atoms with E-state index in [0.29, 0.717) is 5.50 Å². The number of hydrogen-bond donors (Lipinski definition) is 1. The summed E-state index contributed by atoms with van der Waals surface area (Å²) in [6.45, 7) is 11.6. The maximum atomic E-state index is 9.51. The predicted octanol–water partition coefficient (Wildman–Crippen LogP) is 2.50. The van der Waals surface area contributed by atoms with E-state index >= 15 is 0 Å². The Bertz CT molecular complexity index is 271. The first-order valence-electron chi connectivity index (χ1n) is 5.00. The summed E-state index contributed by atoms with van der Waals surface area (Å²) in [5.41, 5.74) is 2.71. The number of rotatable bonds is 3. The lowest BCUT2D eigenvalue weighted by molar-refractivity contribution is 0.143. The third-order valence-corrected chi connectivity index (χ3v) is 9.08. The van der Waals surface area contributed by atoms with E-state index in [2.05, 4.69) is 24.6 Å². The van der Waals surface area contributed by atoms with Crippen molar-refractivity contribution in [3.05, 3.63) is 0 Å².